The van der Waals surface area contributed by atoms with Crippen molar-refractivity contribution in [3.05, 3.63) is 0 Å². The molecular weight excluding hydrogens is 662 g/mol. The van der Waals surface area contributed by atoms with Gasteiger partial charge in [-0.15, -0.1) is 0 Å². The van der Waals surface area contributed by atoms with E-state index in [0.29, 0.717) is 6.42 Å². The summed E-state index contributed by atoms with van der Waals surface area (Å²) >= 11 is 0. The highest BCUT2D eigenvalue weighted by molar-refractivity contribution is 5.76. The van der Waals surface area contributed by atoms with Crippen molar-refractivity contribution in [2.45, 2.75) is 249 Å². The van der Waals surface area contributed by atoms with Gasteiger partial charge in [0.2, 0.25) is 5.91 Å². The van der Waals surface area contributed by atoms with Crippen LogP contribution in [0.15, 0.2) is 0 Å². The second-order valence-corrected chi connectivity index (χ2v) is 15.6. The predicted molar refractivity (Wildman–Crippen MR) is 209 cm³/mol. The van der Waals surface area contributed by atoms with Crippen LogP contribution in [0.25, 0.3) is 0 Å². The maximum Gasteiger partial charge on any atom is 0.220 e. The molecule has 1 fully saturated rings. The number of carbonyl (C=O) groups excluding carboxylic acids is 1. The second-order valence-electron chi connectivity index (χ2n) is 15.6. The molecule has 8 atom stereocenters. The van der Waals surface area contributed by atoms with E-state index in [9.17, 15) is 35.4 Å². The van der Waals surface area contributed by atoms with Crippen LogP contribution in [-0.4, -0.2) is 98.7 Å². The van der Waals surface area contributed by atoms with E-state index in [-0.39, 0.29) is 18.9 Å². The lowest BCUT2D eigenvalue weighted by molar-refractivity contribution is -0.303. The summed E-state index contributed by atoms with van der Waals surface area (Å²) in [5, 5.41) is 65.0. The summed E-state index contributed by atoms with van der Waals surface area (Å²) in [6, 6.07) is -0.983. The minimum Gasteiger partial charge on any atom is -0.394 e. The van der Waals surface area contributed by atoms with Gasteiger partial charge in [-0.1, -0.05) is 181 Å². The van der Waals surface area contributed by atoms with E-state index in [2.05, 4.69) is 19.2 Å². The zero-order valence-corrected chi connectivity index (χ0v) is 33.4. The van der Waals surface area contributed by atoms with Crippen molar-refractivity contribution in [2.24, 2.45) is 0 Å². The highest BCUT2D eigenvalue weighted by Gasteiger charge is 2.44. The summed E-state index contributed by atoms with van der Waals surface area (Å²) in [5.41, 5.74) is 0. The Morgan fingerprint density at radius 2 is 1.00 bits per heavy atom. The number of carbonyl (C=O) groups is 1. The first kappa shape index (κ1) is 49.2. The normalized spacial score (nSPS) is 22.3. The number of amides is 1. The van der Waals surface area contributed by atoms with Crippen LogP contribution in [-0.2, 0) is 14.3 Å². The molecule has 0 bridgehead atoms. The summed E-state index contributed by atoms with van der Waals surface area (Å²) < 4.78 is 11.1. The lowest BCUT2D eigenvalue weighted by Gasteiger charge is -2.40. The maximum atomic E-state index is 13.0. The monoisotopic (exact) mass is 746 g/mol. The Morgan fingerprint density at radius 3 is 1.42 bits per heavy atom. The number of rotatable bonds is 36. The van der Waals surface area contributed by atoms with Crippen molar-refractivity contribution < 1.29 is 44.9 Å². The van der Waals surface area contributed by atoms with Crippen LogP contribution < -0.4 is 5.32 Å². The van der Waals surface area contributed by atoms with E-state index in [1.54, 1.807) is 0 Å². The third kappa shape index (κ3) is 23.8. The van der Waals surface area contributed by atoms with Crippen molar-refractivity contribution in [1.29, 1.82) is 0 Å². The highest BCUT2D eigenvalue weighted by atomic mass is 16.7. The lowest BCUT2D eigenvalue weighted by atomic mass is 9.98. The third-order valence-electron chi connectivity index (χ3n) is 10.8. The summed E-state index contributed by atoms with van der Waals surface area (Å²) in [5.74, 6) is -0.256. The molecule has 0 aliphatic carbocycles. The van der Waals surface area contributed by atoms with Crippen LogP contribution in [0.4, 0.5) is 0 Å². The number of ether oxygens (including phenoxy) is 2. The minimum absolute atomic E-state index is 0.256. The van der Waals surface area contributed by atoms with E-state index < -0.39 is 55.6 Å². The van der Waals surface area contributed by atoms with Gasteiger partial charge in [0.25, 0.3) is 0 Å². The first-order valence-corrected chi connectivity index (χ1v) is 21.8. The number of aliphatic hydroxyl groups is 6. The van der Waals surface area contributed by atoms with Crippen LogP contribution in [0.5, 0.6) is 0 Å². The molecule has 7 N–H and O–H groups in total. The van der Waals surface area contributed by atoms with Gasteiger partial charge in [-0.25, -0.2) is 0 Å². The van der Waals surface area contributed by atoms with E-state index >= 15 is 0 Å². The van der Waals surface area contributed by atoms with E-state index in [1.807, 2.05) is 0 Å². The van der Waals surface area contributed by atoms with Crippen molar-refractivity contribution >= 4 is 5.91 Å². The Morgan fingerprint density at radius 1 is 0.596 bits per heavy atom. The Kier molecular flexibility index (Phi) is 31.7. The van der Waals surface area contributed by atoms with Crippen LogP contribution in [0.2, 0.25) is 0 Å². The van der Waals surface area contributed by atoms with Gasteiger partial charge in [0.1, 0.15) is 30.5 Å². The number of unbranched alkanes of at least 4 members (excludes halogenated alkanes) is 25. The lowest BCUT2D eigenvalue weighted by Crippen LogP contribution is -2.60. The molecule has 1 rings (SSSR count). The average molecular weight is 746 g/mol. The van der Waals surface area contributed by atoms with Gasteiger partial charge >= 0.3 is 0 Å². The fourth-order valence-corrected chi connectivity index (χ4v) is 7.20. The van der Waals surface area contributed by atoms with Crippen molar-refractivity contribution in [1.82, 2.24) is 5.32 Å². The Hall–Kier alpha value is -0.850. The van der Waals surface area contributed by atoms with E-state index in [1.165, 1.54) is 128 Å². The molecular formula is C42H83NO9. The predicted octanol–water partition coefficient (Wildman–Crippen LogP) is 7.36. The van der Waals surface area contributed by atoms with Crippen molar-refractivity contribution in [3.63, 3.8) is 0 Å². The number of hydrogen-bond acceptors (Lipinski definition) is 9. The SMILES string of the molecule is CCCCCCCCCCCCCCCCCC(=O)N[C@@H](COC1OC(CO)C(O)C(O)C1O)[C@H](O)[C@H](O)CCCCCCCCCCCCCC. The summed E-state index contributed by atoms with van der Waals surface area (Å²) in [7, 11) is 0. The Labute approximate surface area is 317 Å². The van der Waals surface area contributed by atoms with Gasteiger partial charge in [-0.2, -0.15) is 0 Å². The van der Waals surface area contributed by atoms with Gasteiger partial charge < -0.3 is 45.4 Å². The molecule has 0 spiro atoms. The van der Waals surface area contributed by atoms with Crippen LogP contribution in [0.1, 0.15) is 200 Å². The van der Waals surface area contributed by atoms with Crippen molar-refractivity contribution in [2.75, 3.05) is 13.2 Å². The minimum atomic E-state index is -1.60. The fraction of sp³-hybridized carbons (Fsp3) is 0.976. The highest BCUT2D eigenvalue weighted by Crippen LogP contribution is 2.23. The van der Waals surface area contributed by atoms with E-state index in [0.717, 1.165) is 44.9 Å². The molecule has 0 aromatic rings. The number of nitrogens with one attached hydrogen (secondary N) is 1. The fourth-order valence-electron chi connectivity index (χ4n) is 7.20. The Balaban J connectivity index is 2.42. The molecule has 52 heavy (non-hydrogen) atoms. The summed E-state index contributed by atoms with van der Waals surface area (Å²) in [6.45, 7) is 3.60. The second kappa shape index (κ2) is 33.5. The third-order valence-corrected chi connectivity index (χ3v) is 10.8. The zero-order valence-electron chi connectivity index (χ0n) is 33.4. The molecule has 0 aromatic heterocycles. The zero-order chi connectivity index (χ0) is 38.2. The molecule has 1 aliphatic heterocycles. The molecule has 0 saturated carbocycles. The Bertz CT molecular complexity index is 803. The molecule has 10 nitrogen and oxygen atoms in total. The molecule has 310 valence electrons. The molecule has 0 aromatic carbocycles. The maximum absolute atomic E-state index is 13.0. The van der Waals surface area contributed by atoms with Crippen LogP contribution in [0.3, 0.4) is 0 Å². The smallest absolute Gasteiger partial charge is 0.220 e. The van der Waals surface area contributed by atoms with Crippen LogP contribution in [0, 0.1) is 0 Å². The standard InChI is InChI=1S/C42H83NO9/c1-3-5-7-9-11-13-15-17-18-19-21-23-25-27-29-31-37(46)43-34(33-51-42-41(50)40(49)39(48)36(32-44)52-42)38(47)35(45)30-28-26-24-22-20-16-14-12-10-8-6-4-2/h34-36,38-42,44-45,47-50H,3-33H2,1-2H3,(H,43,46)/t34-,35+,36?,38-,39?,40?,41?,42?/m0/s1. The van der Waals surface area contributed by atoms with Gasteiger partial charge in [0.05, 0.1) is 25.4 Å². The average Bonchev–Trinajstić information content (AvgIpc) is 3.14. The molecule has 1 heterocycles. The van der Waals surface area contributed by atoms with Crippen LogP contribution >= 0.6 is 0 Å². The molecule has 1 aliphatic rings. The van der Waals surface area contributed by atoms with E-state index in [4.69, 9.17) is 9.47 Å². The number of aliphatic hydroxyl groups excluding tert-OH is 6. The molecule has 1 amide bonds. The summed E-state index contributed by atoms with van der Waals surface area (Å²) in [6.07, 6.45) is 23.9. The molecule has 10 heteroatoms. The quantitative estimate of drug-likeness (QED) is 0.0324. The topological polar surface area (TPSA) is 169 Å². The van der Waals surface area contributed by atoms with Crippen molar-refractivity contribution in [3.8, 4) is 0 Å². The van der Waals surface area contributed by atoms with Gasteiger partial charge in [-0.3, -0.25) is 4.79 Å². The first-order chi connectivity index (χ1) is 25.3. The summed E-state index contributed by atoms with van der Waals surface area (Å²) in [4.78, 5) is 13.0. The number of hydrogen-bond donors (Lipinski definition) is 7. The van der Waals surface area contributed by atoms with Gasteiger partial charge in [0, 0.05) is 6.42 Å². The molecule has 1 saturated heterocycles. The largest absolute Gasteiger partial charge is 0.394 e. The van der Waals surface area contributed by atoms with Gasteiger partial charge in [-0.05, 0) is 12.8 Å². The molecule has 5 unspecified atom stereocenters. The first-order valence-electron chi connectivity index (χ1n) is 21.8. The molecule has 0 radical (unpaired) electrons. The van der Waals surface area contributed by atoms with Gasteiger partial charge in [0.15, 0.2) is 6.29 Å².